The van der Waals surface area contributed by atoms with Gasteiger partial charge in [0.05, 0.1) is 6.21 Å². The number of oxime groups is 1. The molecule has 0 saturated heterocycles. The molecule has 52 valence electrons. The van der Waals surface area contributed by atoms with Crippen molar-refractivity contribution in [2.24, 2.45) is 5.16 Å². The van der Waals surface area contributed by atoms with Crippen molar-refractivity contribution >= 4 is 23.3 Å². The Balaban J connectivity index is 2.76. The molecule has 0 amide bonds. The van der Waals surface area contributed by atoms with E-state index in [1.807, 2.05) is 18.2 Å². The van der Waals surface area contributed by atoms with E-state index in [2.05, 4.69) is 5.16 Å². The maximum Gasteiger partial charge on any atom is 0.0734 e. The van der Waals surface area contributed by atoms with Gasteiger partial charge in [0.15, 0.2) is 0 Å². The topological polar surface area (TPSA) is 32.6 Å². The standard InChI is InChI=1S/C7H7NOS/c9-8-5-6-2-1-3-7(10)4-6/h1-2,4-5,9H,3H2. The predicted molar refractivity (Wildman–Crippen MR) is 44.7 cm³/mol. The number of rotatable bonds is 1. The molecule has 1 aliphatic carbocycles. The van der Waals surface area contributed by atoms with Gasteiger partial charge in [-0.2, -0.15) is 0 Å². The summed E-state index contributed by atoms with van der Waals surface area (Å²) in [6, 6.07) is 0. The third-order valence-corrected chi connectivity index (χ3v) is 1.45. The van der Waals surface area contributed by atoms with E-state index in [0.717, 1.165) is 16.9 Å². The van der Waals surface area contributed by atoms with Crippen LogP contribution in [0.15, 0.2) is 29.0 Å². The Hall–Kier alpha value is -0.960. The van der Waals surface area contributed by atoms with Gasteiger partial charge in [-0.25, -0.2) is 0 Å². The van der Waals surface area contributed by atoms with Crippen LogP contribution < -0.4 is 0 Å². The summed E-state index contributed by atoms with van der Waals surface area (Å²) in [6.45, 7) is 0. The van der Waals surface area contributed by atoms with Crippen LogP contribution in [0.4, 0.5) is 0 Å². The van der Waals surface area contributed by atoms with Gasteiger partial charge in [-0.05, 0) is 11.6 Å². The highest BCUT2D eigenvalue weighted by Gasteiger charge is 1.97. The summed E-state index contributed by atoms with van der Waals surface area (Å²) in [7, 11) is 0. The quantitative estimate of drug-likeness (QED) is 0.269. The second-order valence-corrected chi connectivity index (χ2v) is 2.49. The average Bonchev–Trinajstić information content (AvgIpc) is 1.88. The van der Waals surface area contributed by atoms with Crippen molar-refractivity contribution in [3.05, 3.63) is 23.8 Å². The SMILES string of the molecule is ON=CC1=CC(=S)CC=C1. The Kier molecular flexibility index (Phi) is 2.34. The van der Waals surface area contributed by atoms with Crippen molar-refractivity contribution in [1.82, 2.24) is 0 Å². The summed E-state index contributed by atoms with van der Waals surface area (Å²) in [5.41, 5.74) is 0.846. The maximum absolute atomic E-state index is 8.16. The lowest BCUT2D eigenvalue weighted by molar-refractivity contribution is 0.322. The number of thiocarbonyl (C=S) groups is 1. The van der Waals surface area contributed by atoms with Crippen LogP contribution in [-0.4, -0.2) is 16.3 Å². The van der Waals surface area contributed by atoms with E-state index in [4.69, 9.17) is 17.4 Å². The molecule has 1 rings (SSSR count). The molecule has 1 N–H and O–H groups in total. The van der Waals surface area contributed by atoms with Gasteiger partial charge in [0.1, 0.15) is 0 Å². The van der Waals surface area contributed by atoms with E-state index in [-0.39, 0.29) is 0 Å². The van der Waals surface area contributed by atoms with Crippen molar-refractivity contribution in [2.45, 2.75) is 6.42 Å². The lowest BCUT2D eigenvalue weighted by Gasteiger charge is -2.00. The number of hydrogen-bond acceptors (Lipinski definition) is 3. The molecule has 0 aliphatic heterocycles. The number of hydrogen-bond donors (Lipinski definition) is 1. The second kappa shape index (κ2) is 3.27. The monoisotopic (exact) mass is 153 g/mol. The fraction of sp³-hybridized carbons (Fsp3) is 0.143. The fourth-order valence-electron chi connectivity index (χ4n) is 0.751. The fourth-order valence-corrected chi connectivity index (χ4v) is 0.983. The Bertz CT molecular complexity index is 224. The van der Waals surface area contributed by atoms with Gasteiger partial charge in [-0.1, -0.05) is 29.5 Å². The molecule has 0 aromatic heterocycles. The van der Waals surface area contributed by atoms with Crippen LogP contribution in [0, 0.1) is 0 Å². The minimum atomic E-state index is 0.818. The molecule has 2 nitrogen and oxygen atoms in total. The Labute approximate surface area is 64.5 Å². The zero-order valence-corrected chi connectivity index (χ0v) is 6.14. The Morgan fingerprint density at radius 1 is 1.70 bits per heavy atom. The lowest BCUT2D eigenvalue weighted by atomic mass is 10.1. The van der Waals surface area contributed by atoms with E-state index in [9.17, 15) is 0 Å². The highest BCUT2D eigenvalue weighted by atomic mass is 32.1. The first kappa shape index (κ1) is 7.15. The highest BCUT2D eigenvalue weighted by molar-refractivity contribution is 7.80. The largest absolute Gasteiger partial charge is 0.411 e. The molecule has 0 bridgehead atoms. The molecule has 0 fully saturated rings. The van der Waals surface area contributed by atoms with Crippen LogP contribution in [0.1, 0.15) is 6.42 Å². The molecule has 0 atom stereocenters. The maximum atomic E-state index is 8.16. The first-order valence-electron chi connectivity index (χ1n) is 2.91. The predicted octanol–water partition coefficient (Wildman–Crippen LogP) is 1.70. The van der Waals surface area contributed by atoms with Gasteiger partial charge < -0.3 is 5.21 Å². The summed E-state index contributed by atoms with van der Waals surface area (Å²) in [6.07, 6.45) is 7.81. The molecule has 0 aromatic rings. The molecule has 10 heavy (non-hydrogen) atoms. The normalized spacial score (nSPS) is 18.0. The van der Waals surface area contributed by atoms with Gasteiger partial charge >= 0.3 is 0 Å². The van der Waals surface area contributed by atoms with Crippen molar-refractivity contribution < 1.29 is 5.21 Å². The van der Waals surface area contributed by atoms with Crippen LogP contribution in [0.25, 0.3) is 0 Å². The van der Waals surface area contributed by atoms with Crippen LogP contribution in [0.3, 0.4) is 0 Å². The highest BCUT2D eigenvalue weighted by Crippen LogP contribution is 2.05. The molecule has 0 spiro atoms. The summed E-state index contributed by atoms with van der Waals surface area (Å²) in [4.78, 5) is 0.873. The molecule has 0 aromatic carbocycles. The Morgan fingerprint density at radius 3 is 3.10 bits per heavy atom. The minimum absolute atomic E-state index is 0.818. The summed E-state index contributed by atoms with van der Waals surface area (Å²) in [5.74, 6) is 0. The van der Waals surface area contributed by atoms with Gasteiger partial charge in [-0.15, -0.1) is 0 Å². The molecular formula is C7H7NOS. The second-order valence-electron chi connectivity index (χ2n) is 1.96. The van der Waals surface area contributed by atoms with Crippen molar-refractivity contribution in [3.8, 4) is 0 Å². The minimum Gasteiger partial charge on any atom is -0.411 e. The zero-order valence-electron chi connectivity index (χ0n) is 5.32. The summed E-state index contributed by atoms with van der Waals surface area (Å²) >= 11 is 4.93. The van der Waals surface area contributed by atoms with Gasteiger partial charge in [0, 0.05) is 11.3 Å². The van der Waals surface area contributed by atoms with Gasteiger partial charge in [-0.3, -0.25) is 0 Å². The first-order chi connectivity index (χ1) is 4.83. The molecule has 3 heteroatoms. The summed E-state index contributed by atoms with van der Waals surface area (Å²) < 4.78 is 0. The molecule has 0 heterocycles. The lowest BCUT2D eigenvalue weighted by Crippen LogP contribution is -1.95. The van der Waals surface area contributed by atoms with Crippen molar-refractivity contribution in [3.63, 3.8) is 0 Å². The van der Waals surface area contributed by atoms with E-state index in [1.165, 1.54) is 6.21 Å². The third-order valence-electron chi connectivity index (χ3n) is 1.16. The number of allylic oxidation sites excluding steroid dienone is 4. The average molecular weight is 153 g/mol. The van der Waals surface area contributed by atoms with E-state index >= 15 is 0 Å². The van der Waals surface area contributed by atoms with E-state index < -0.39 is 0 Å². The first-order valence-corrected chi connectivity index (χ1v) is 3.32. The smallest absolute Gasteiger partial charge is 0.0734 e. The zero-order chi connectivity index (χ0) is 7.40. The third kappa shape index (κ3) is 1.77. The summed E-state index contributed by atoms with van der Waals surface area (Å²) in [5, 5.41) is 11.0. The molecule has 1 aliphatic rings. The van der Waals surface area contributed by atoms with Gasteiger partial charge in [0.25, 0.3) is 0 Å². The van der Waals surface area contributed by atoms with Crippen molar-refractivity contribution in [2.75, 3.05) is 0 Å². The Morgan fingerprint density at radius 2 is 2.50 bits per heavy atom. The van der Waals surface area contributed by atoms with Crippen molar-refractivity contribution in [1.29, 1.82) is 0 Å². The van der Waals surface area contributed by atoms with E-state index in [0.29, 0.717) is 0 Å². The molecule has 0 radical (unpaired) electrons. The molecule has 0 unspecified atom stereocenters. The van der Waals surface area contributed by atoms with Crippen LogP contribution in [0.5, 0.6) is 0 Å². The van der Waals surface area contributed by atoms with Crippen LogP contribution in [0.2, 0.25) is 0 Å². The van der Waals surface area contributed by atoms with E-state index in [1.54, 1.807) is 0 Å². The number of nitrogens with zero attached hydrogens (tertiary/aromatic N) is 1. The van der Waals surface area contributed by atoms with Gasteiger partial charge in [0.2, 0.25) is 0 Å². The molecule has 0 saturated carbocycles. The van der Waals surface area contributed by atoms with Crippen LogP contribution in [-0.2, 0) is 0 Å². The molecular weight excluding hydrogens is 146 g/mol. The van der Waals surface area contributed by atoms with Crippen LogP contribution >= 0.6 is 12.2 Å².